The van der Waals surface area contributed by atoms with Crippen LogP contribution in [0, 0.1) is 6.92 Å². The van der Waals surface area contributed by atoms with Gasteiger partial charge in [-0.05, 0) is 57.4 Å². The van der Waals surface area contributed by atoms with Crippen LogP contribution in [0.4, 0.5) is 0 Å². The zero-order valence-electron chi connectivity index (χ0n) is 13.0. The molecule has 4 heteroatoms. The fourth-order valence-corrected chi connectivity index (χ4v) is 2.88. The summed E-state index contributed by atoms with van der Waals surface area (Å²) < 4.78 is 2.12. The number of hydrogen-bond donors (Lipinski definition) is 2. The second-order valence-corrected chi connectivity index (χ2v) is 5.83. The van der Waals surface area contributed by atoms with E-state index in [-0.39, 0.29) is 18.4 Å². The molecular formula is C17H24N2O2. The number of nitrogens with two attached hydrogens (primary N) is 1. The van der Waals surface area contributed by atoms with Gasteiger partial charge in [0.2, 0.25) is 0 Å². The summed E-state index contributed by atoms with van der Waals surface area (Å²) in [6.07, 6.45) is 1.45. The first-order chi connectivity index (χ1) is 9.93. The molecule has 0 saturated heterocycles. The Labute approximate surface area is 125 Å². The van der Waals surface area contributed by atoms with Crippen LogP contribution in [0.25, 0.3) is 10.9 Å². The molecule has 0 spiro atoms. The highest BCUT2D eigenvalue weighted by Gasteiger charge is 2.15. The Morgan fingerprint density at radius 1 is 1.38 bits per heavy atom. The SMILES string of the molecule is CC(=O)c1cc(CC(C)N)cc2cc(C)n(CCCO)c12. The highest BCUT2D eigenvalue weighted by molar-refractivity contribution is 6.06. The van der Waals surface area contributed by atoms with Crippen LogP contribution in [0.15, 0.2) is 18.2 Å². The summed E-state index contributed by atoms with van der Waals surface area (Å²) in [6, 6.07) is 6.25. The summed E-state index contributed by atoms with van der Waals surface area (Å²) in [6.45, 7) is 6.47. The van der Waals surface area contributed by atoms with E-state index < -0.39 is 0 Å². The average Bonchev–Trinajstić information content (AvgIpc) is 2.70. The van der Waals surface area contributed by atoms with Crippen molar-refractivity contribution in [1.82, 2.24) is 4.57 Å². The number of rotatable bonds is 6. The molecule has 0 aliphatic rings. The van der Waals surface area contributed by atoms with Crippen molar-refractivity contribution in [3.63, 3.8) is 0 Å². The Kier molecular flexibility index (Phi) is 4.80. The molecule has 1 aromatic carbocycles. The van der Waals surface area contributed by atoms with E-state index in [1.54, 1.807) is 6.92 Å². The molecule has 0 fully saturated rings. The lowest BCUT2D eigenvalue weighted by Gasteiger charge is -2.12. The number of fused-ring (bicyclic) bond motifs is 1. The zero-order chi connectivity index (χ0) is 15.6. The smallest absolute Gasteiger partial charge is 0.161 e. The molecule has 0 saturated carbocycles. The first kappa shape index (κ1) is 15.7. The van der Waals surface area contributed by atoms with Gasteiger partial charge < -0.3 is 15.4 Å². The molecule has 1 unspecified atom stereocenters. The lowest BCUT2D eigenvalue weighted by Crippen LogP contribution is -2.18. The second kappa shape index (κ2) is 6.41. The molecule has 0 amide bonds. The van der Waals surface area contributed by atoms with E-state index in [4.69, 9.17) is 10.8 Å². The molecule has 0 aliphatic carbocycles. The van der Waals surface area contributed by atoms with Crippen molar-refractivity contribution in [3.05, 3.63) is 35.0 Å². The predicted molar refractivity (Wildman–Crippen MR) is 85.7 cm³/mol. The number of hydrogen-bond acceptors (Lipinski definition) is 3. The number of nitrogens with zero attached hydrogens (tertiary/aromatic N) is 1. The third-order valence-corrected chi connectivity index (χ3v) is 3.74. The topological polar surface area (TPSA) is 68.2 Å². The van der Waals surface area contributed by atoms with Gasteiger partial charge in [0, 0.05) is 35.8 Å². The molecule has 1 atom stereocenters. The first-order valence-electron chi connectivity index (χ1n) is 7.44. The number of aromatic nitrogens is 1. The molecule has 21 heavy (non-hydrogen) atoms. The van der Waals surface area contributed by atoms with Crippen LogP contribution < -0.4 is 5.73 Å². The standard InChI is InChI=1S/C17H24N2O2/c1-11(18)7-14-9-15-8-12(2)19(5-4-6-20)17(15)16(10-14)13(3)21/h8-11,20H,4-7,18H2,1-3H3. The van der Waals surface area contributed by atoms with Crippen molar-refractivity contribution in [3.8, 4) is 0 Å². The van der Waals surface area contributed by atoms with Crippen molar-refractivity contribution in [2.45, 2.75) is 46.2 Å². The lowest BCUT2D eigenvalue weighted by molar-refractivity contribution is 0.101. The Hall–Kier alpha value is -1.65. The highest BCUT2D eigenvalue weighted by atomic mass is 16.3. The van der Waals surface area contributed by atoms with Gasteiger partial charge in [-0.2, -0.15) is 0 Å². The predicted octanol–water partition coefficient (Wildman–Crippen LogP) is 2.42. The number of carbonyl (C=O) groups is 1. The van der Waals surface area contributed by atoms with Gasteiger partial charge in [-0.25, -0.2) is 0 Å². The molecule has 0 aliphatic heterocycles. The number of aliphatic hydroxyl groups is 1. The van der Waals surface area contributed by atoms with Crippen LogP contribution in [0.1, 0.15) is 41.9 Å². The number of Topliss-reactive ketones (excluding diaryl/α,β-unsaturated/α-hetero) is 1. The molecule has 2 rings (SSSR count). The molecule has 4 nitrogen and oxygen atoms in total. The van der Waals surface area contributed by atoms with Gasteiger partial charge in [-0.3, -0.25) is 4.79 Å². The van der Waals surface area contributed by atoms with Crippen LogP contribution in [-0.2, 0) is 13.0 Å². The second-order valence-electron chi connectivity index (χ2n) is 5.83. The van der Waals surface area contributed by atoms with Gasteiger partial charge in [0.15, 0.2) is 5.78 Å². The van der Waals surface area contributed by atoms with E-state index in [1.807, 2.05) is 19.9 Å². The van der Waals surface area contributed by atoms with Crippen LogP contribution >= 0.6 is 0 Å². The monoisotopic (exact) mass is 288 g/mol. The summed E-state index contributed by atoms with van der Waals surface area (Å²) in [5.41, 5.74) is 9.81. The Morgan fingerprint density at radius 2 is 2.10 bits per heavy atom. The molecule has 1 aromatic heterocycles. The summed E-state index contributed by atoms with van der Waals surface area (Å²) in [4.78, 5) is 12.0. The molecular weight excluding hydrogens is 264 g/mol. The van der Waals surface area contributed by atoms with Crippen molar-refractivity contribution < 1.29 is 9.90 Å². The fourth-order valence-electron chi connectivity index (χ4n) is 2.88. The van der Waals surface area contributed by atoms with Gasteiger partial charge in [0.1, 0.15) is 0 Å². The van der Waals surface area contributed by atoms with Crippen molar-refractivity contribution in [1.29, 1.82) is 0 Å². The van der Waals surface area contributed by atoms with Crippen LogP contribution in [0.2, 0.25) is 0 Å². The van der Waals surface area contributed by atoms with E-state index in [1.165, 1.54) is 0 Å². The highest BCUT2D eigenvalue weighted by Crippen LogP contribution is 2.26. The Morgan fingerprint density at radius 3 is 2.67 bits per heavy atom. The van der Waals surface area contributed by atoms with Crippen molar-refractivity contribution >= 4 is 16.7 Å². The van der Waals surface area contributed by atoms with Crippen molar-refractivity contribution in [2.75, 3.05) is 6.61 Å². The van der Waals surface area contributed by atoms with Gasteiger partial charge in [0.05, 0.1) is 5.52 Å². The number of aryl methyl sites for hydroxylation is 2. The molecule has 2 aromatic rings. The van der Waals surface area contributed by atoms with Crippen LogP contribution in [0.5, 0.6) is 0 Å². The van der Waals surface area contributed by atoms with Crippen LogP contribution in [-0.4, -0.2) is 28.1 Å². The fraction of sp³-hybridized carbons (Fsp3) is 0.471. The van der Waals surface area contributed by atoms with E-state index in [0.717, 1.165) is 40.7 Å². The minimum atomic E-state index is 0.0647. The Bertz CT molecular complexity index is 656. The summed E-state index contributed by atoms with van der Waals surface area (Å²) in [7, 11) is 0. The van der Waals surface area contributed by atoms with E-state index >= 15 is 0 Å². The van der Waals surface area contributed by atoms with E-state index in [0.29, 0.717) is 6.42 Å². The summed E-state index contributed by atoms with van der Waals surface area (Å²) in [5, 5.41) is 10.1. The molecule has 1 heterocycles. The number of carbonyl (C=O) groups excluding carboxylic acids is 1. The number of benzene rings is 1. The molecule has 3 N–H and O–H groups in total. The van der Waals surface area contributed by atoms with Crippen molar-refractivity contribution in [2.24, 2.45) is 5.73 Å². The first-order valence-corrected chi connectivity index (χ1v) is 7.44. The summed E-state index contributed by atoms with van der Waals surface area (Å²) in [5.74, 6) is 0.0647. The van der Waals surface area contributed by atoms with E-state index in [2.05, 4.69) is 16.7 Å². The zero-order valence-corrected chi connectivity index (χ0v) is 13.0. The lowest BCUT2D eigenvalue weighted by atomic mass is 10.00. The number of aliphatic hydroxyl groups excluding tert-OH is 1. The minimum absolute atomic E-state index is 0.0647. The molecule has 0 bridgehead atoms. The molecule has 114 valence electrons. The largest absolute Gasteiger partial charge is 0.396 e. The van der Waals surface area contributed by atoms with Crippen LogP contribution in [0.3, 0.4) is 0 Å². The third-order valence-electron chi connectivity index (χ3n) is 3.74. The van der Waals surface area contributed by atoms with Gasteiger partial charge in [-0.1, -0.05) is 0 Å². The van der Waals surface area contributed by atoms with Gasteiger partial charge in [-0.15, -0.1) is 0 Å². The average molecular weight is 288 g/mol. The third kappa shape index (κ3) is 3.34. The maximum absolute atomic E-state index is 12.0. The van der Waals surface area contributed by atoms with Gasteiger partial charge >= 0.3 is 0 Å². The summed E-state index contributed by atoms with van der Waals surface area (Å²) >= 11 is 0. The number of ketones is 1. The van der Waals surface area contributed by atoms with Gasteiger partial charge in [0.25, 0.3) is 0 Å². The minimum Gasteiger partial charge on any atom is -0.396 e. The van der Waals surface area contributed by atoms with E-state index in [9.17, 15) is 4.79 Å². The maximum Gasteiger partial charge on any atom is 0.161 e. The Balaban J connectivity index is 2.62. The normalized spacial score (nSPS) is 12.8. The quantitative estimate of drug-likeness (QED) is 0.802. The molecule has 0 radical (unpaired) electrons. The maximum atomic E-state index is 12.0.